The highest BCUT2D eigenvalue weighted by Crippen LogP contribution is 2.23. The number of benzene rings is 2. The second kappa shape index (κ2) is 8.26. The summed E-state index contributed by atoms with van der Waals surface area (Å²) < 4.78 is 10.9. The summed E-state index contributed by atoms with van der Waals surface area (Å²) in [6, 6.07) is 14.2. The van der Waals surface area contributed by atoms with Crippen LogP contribution in [-0.4, -0.2) is 31.1 Å². The second-order valence-corrected chi connectivity index (χ2v) is 6.91. The Balaban J connectivity index is 1.84. The molecule has 2 N–H and O–H groups in total. The van der Waals surface area contributed by atoms with Crippen LogP contribution in [0.3, 0.4) is 0 Å². The number of nitrogens with one attached hydrogen (secondary N) is 2. The van der Waals surface area contributed by atoms with E-state index >= 15 is 0 Å². The molecule has 0 aliphatic carbocycles. The van der Waals surface area contributed by atoms with Gasteiger partial charge in [0.05, 0.1) is 26.7 Å². The van der Waals surface area contributed by atoms with Crippen molar-refractivity contribution in [1.29, 1.82) is 0 Å². The summed E-state index contributed by atoms with van der Waals surface area (Å²) in [6.07, 6.45) is 0.0396. The third kappa shape index (κ3) is 4.49. The molecule has 3 rings (SSSR count). The van der Waals surface area contributed by atoms with Crippen LogP contribution in [0.2, 0.25) is 0 Å². The quantitative estimate of drug-likeness (QED) is 0.579. The van der Waals surface area contributed by atoms with Gasteiger partial charge in [-0.05, 0) is 35.9 Å². The molecule has 3 aromatic rings. The Labute approximate surface area is 165 Å². The van der Waals surface area contributed by atoms with Gasteiger partial charge in [0.1, 0.15) is 11.4 Å². The van der Waals surface area contributed by atoms with Crippen molar-refractivity contribution in [3.63, 3.8) is 0 Å². The van der Waals surface area contributed by atoms with Crippen LogP contribution in [0.4, 0.5) is 0 Å². The first-order chi connectivity index (χ1) is 13.0. The van der Waals surface area contributed by atoms with E-state index < -0.39 is 12.0 Å². The predicted molar refractivity (Wildman–Crippen MR) is 106 cm³/mol. The number of amides is 1. The van der Waals surface area contributed by atoms with Crippen molar-refractivity contribution in [1.82, 2.24) is 10.3 Å². The number of carbonyl (C=O) groups is 2. The number of esters is 1. The number of rotatable bonds is 6. The highest BCUT2D eigenvalue weighted by molar-refractivity contribution is 9.10. The van der Waals surface area contributed by atoms with Gasteiger partial charge in [-0.1, -0.05) is 28.1 Å². The summed E-state index contributed by atoms with van der Waals surface area (Å²) in [5.74, 6) is 0.00123. The van der Waals surface area contributed by atoms with Crippen molar-refractivity contribution in [2.24, 2.45) is 0 Å². The van der Waals surface area contributed by atoms with E-state index in [4.69, 9.17) is 9.47 Å². The molecular weight excluding hydrogens is 412 g/mol. The second-order valence-electron chi connectivity index (χ2n) is 5.99. The molecule has 1 aromatic heterocycles. The summed E-state index contributed by atoms with van der Waals surface area (Å²) in [6.45, 7) is 0. The summed E-state index contributed by atoms with van der Waals surface area (Å²) >= 11 is 3.38. The average molecular weight is 431 g/mol. The maximum Gasteiger partial charge on any atom is 0.307 e. The number of aromatic nitrogens is 1. The molecule has 0 aliphatic rings. The monoisotopic (exact) mass is 430 g/mol. The van der Waals surface area contributed by atoms with Crippen LogP contribution in [0.5, 0.6) is 5.75 Å². The third-order valence-electron chi connectivity index (χ3n) is 4.25. The van der Waals surface area contributed by atoms with Crippen LogP contribution < -0.4 is 10.1 Å². The molecule has 6 nitrogen and oxygen atoms in total. The zero-order valence-electron chi connectivity index (χ0n) is 14.9. The van der Waals surface area contributed by atoms with Crippen LogP contribution in [0.1, 0.15) is 28.5 Å². The van der Waals surface area contributed by atoms with Crippen molar-refractivity contribution in [2.75, 3.05) is 14.2 Å². The van der Waals surface area contributed by atoms with Gasteiger partial charge in [0, 0.05) is 21.4 Å². The van der Waals surface area contributed by atoms with Crippen molar-refractivity contribution >= 4 is 38.7 Å². The summed E-state index contributed by atoms with van der Waals surface area (Å²) in [7, 11) is 2.92. The van der Waals surface area contributed by atoms with Crippen LogP contribution in [0.25, 0.3) is 10.9 Å². The molecule has 0 bridgehead atoms. The van der Waals surface area contributed by atoms with Gasteiger partial charge in [0.15, 0.2) is 0 Å². The molecule has 1 unspecified atom stereocenters. The molecule has 0 saturated heterocycles. The van der Waals surface area contributed by atoms with Crippen LogP contribution >= 0.6 is 15.9 Å². The first-order valence-corrected chi connectivity index (χ1v) is 9.09. The zero-order valence-corrected chi connectivity index (χ0v) is 16.5. The van der Waals surface area contributed by atoms with Gasteiger partial charge in [0.2, 0.25) is 0 Å². The fourth-order valence-corrected chi connectivity index (χ4v) is 3.05. The molecule has 140 valence electrons. The minimum absolute atomic E-state index is 0.0396. The summed E-state index contributed by atoms with van der Waals surface area (Å²) in [5.41, 5.74) is 2.02. The topological polar surface area (TPSA) is 80.4 Å². The number of hydrogen-bond donors (Lipinski definition) is 2. The number of aromatic amines is 1. The van der Waals surface area contributed by atoms with Gasteiger partial charge < -0.3 is 19.8 Å². The normalized spacial score (nSPS) is 11.8. The molecule has 1 atom stereocenters. The highest BCUT2D eigenvalue weighted by atomic mass is 79.9. The molecule has 1 amide bonds. The fraction of sp³-hybridized carbons (Fsp3) is 0.200. The lowest BCUT2D eigenvalue weighted by molar-refractivity contribution is -0.141. The molecule has 2 aromatic carbocycles. The van der Waals surface area contributed by atoms with Crippen molar-refractivity contribution in [3.8, 4) is 5.75 Å². The minimum Gasteiger partial charge on any atom is -0.497 e. The van der Waals surface area contributed by atoms with Gasteiger partial charge >= 0.3 is 5.97 Å². The van der Waals surface area contributed by atoms with E-state index in [2.05, 4.69) is 26.2 Å². The van der Waals surface area contributed by atoms with E-state index in [1.807, 2.05) is 42.5 Å². The summed E-state index contributed by atoms with van der Waals surface area (Å²) in [5, 5.41) is 3.80. The zero-order chi connectivity index (χ0) is 19.4. The Morgan fingerprint density at radius 2 is 1.85 bits per heavy atom. The molecule has 0 aliphatic heterocycles. The first-order valence-electron chi connectivity index (χ1n) is 8.30. The highest BCUT2D eigenvalue weighted by Gasteiger charge is 2.21. The lowest BCUT2D eigenvalue weighted by atomic mass is 10.0. The van der Waals surface area contributed by atoms with E-state index in [0.29, 0.717) is 11.4 Å². The van der Waals surface area contributed by atoms with Crippen molar-refractivity contribution in [2.45, 2.75) is 12.5 Å². The van der Waals surface area contributed by atoms with Gasteiger partial charge in [-0.25, -0.2) is 0 Å². The Hall–Kier alpha value is -2.80. The Bertz CT molecular complexity index is 966. The number of ether oxygens (including phenoxy) is 2. The predicted octanol–water partition coefficient (Wildman–Crippen LogP) is 3.97. The molecule has 0 radical (unpaired) electrons. The molecule has 0 spiro atoms. The van der Waals surface area contributed by atoms with Gasteiger partial charge in [-0.15, -0.1) is 0 Å². The Morgan fingerprint density at radius 3 is 2.52 bits per heavy atom. The van der Waals surface area contributed by atoms with Crippen molar-refractivity contribution in [3.05, 3.63) is 64.3 Å². The molecule has 1 heterocycles. The number of halogens is 1. The Morgan fingerprint density at radius 1 is 1.11 bits per heavy atom. The summed E-state index contributed by atoms with van der Waals surface area (Å²) in [4.78, 5) is 27.6. The van der Waals surface area contributed by atoms with Crippen LogP contribution in [0.15, 0.2) is 53.0 Å². The molecule has 7 heteroatoms. The van der Waals surface area contributed by atoms with Crippen molar-refractivity contribution < 1.29 is 19.1 Å². The lowest BCUT2D eigenvalue weighted by Gasteiger charge is -2.18. The number of hydrogen-bond acceptors (Lipinski definition) is 4. The van der Waals surface area contributed by atoms with E-state index in [0.717, 1.165) is 20.9 Å². The molecule has 0 fully saturated rings. The van der Waals surface area contributed by atoms with Crippen LogP contribution in [0, 0.1) is 0 Å². The standard InChI is InChI=1S/C20H19BrN2O4/c1-26-15-8-5-13-9-18(22-16(13)10-15)20(25)23-17(11-19(24)27-2)12-3-6-14(21)7-4-12/h3-10,17,22H,11H2,1-2H3,(H,23,25). The maximum atomic E-state index is 12.8. The SMILES string of the molecule is COC(=O)CC(NC(=O)c1cc2ccc(OC)cc2[nH]1)c1ccc(Br)cc1. The van der Waals surface area contributed by atoms with Crippen LogP contribution in [-0.2, 0) is 9.53 Å². The largest absolute Gasteiger partial charge is 0.497 e. The molecule has 0 saturated carbocycles. The van der Waals surface area contributed by atoms with E-state index in [-0.39, 0.29) is 12.3 Å². The van der Waals surface area contributed by atoms with Gasteiger partial charge in [0.25, 0.3) is 5.91 Å². The molecule has 27 heavy (non-hydrogen) atoms. The van der Waals surface area contributed by atoms with Gasteiger partial charge in [-0.2, -0.15) is 0 Å². The minimum atomic E-state index is -0.501. The van der Waals surface area contributed by atoms with E-state index in [1.54, 1.807) is 13.2 Å². The molecular formula is C20H19BrN2O4. The number of carbonyl (C=O) groups excluding carboxylic acids is 2. The van der Waals surface area contributed by atoms with E-state index in [1.165, 1.54) is 7.11 Å². The number of fused-ring (bicyclic) bond motifs is 1. The average Bonchev–Trinajstić information content (AvgIpc) is 3.11. The number of methoxy groups -OCH3 is 2. The fourth-order valence-electron chi connectivity index (χ4n) is 2.79. The lowest BCUT2D eigenvalue weighted by Crippen LogP contribution is -2.30. The number of H-pyrrole nitrogens is 1. The van der Waals surface area contributed by atoms with Gasteiger partial charge in [-0.3, -0.25) is 9.59 Å². The third-order valence-corrected chi connectivity index (χ3v) is 4.78. The maximum absolute atomic E-state index is 12.8. The smallest absolute Gasteiger partial charge is 0.307 e. The van der Waals surface area contributed by atoms with E-state index in [9.17, 15) is 9.59 Å². The first kappa shape index (κ1) is 19.0. The Kier molecular flexibility index (Phi) is 5.81.